The number of ether oxygens (including phenoxy) is 1. The molecular weight excluding hydrogens is 354 g/mol. The maximum Gasteiger partial charge on any atom is 0.424 e. The number of nitrogens with zero attached hydrogens (tertiary/aromatic N) is 4. The van der Waals surface area contributed by atoms with Crippen LogP contribution in [0.1, 0.15) is 42.5 Å². The van der Waals surface area contributed by atoms with E-state index in [0.29, 0.717) is 29.4 Å². The molecule has 1 aromatic heterocycles. The van der Waals surface area contributed by atoms with Crippen LogP contribution in [0.25, 0.3) is 0 Å². The minimum absolute atomic E-state index is 0.189. The number of imide groups is 3. The summed E-state index contributed by atoms with van der Waals surface area (Å²) in [5, 5.41) is 4.35. The van der Waals surface area contributed by atoms with Gasteiger partial charge in [0, 0.05) is 13.1 Å². The summed E-state index contributed by atoms with van der Waals surface area (Å²) in [6.45, 7) is 5.95. The average Bonchev–Trinajstić information content (AvgIpc) is 2.72. The van der Waals surface area contributed by atoms with E-state index in [4.69, 9.17) is 10.5 Å². The molecule has 0 radical (unpaired) electrons. The van der Waals surface area contributed by atoms with Crippen molar-refractivity contribution in [3.8, 4) is 0 Å². The lowest BCUT2D eigenvalue weighted by Crippen LogP contribution is -2.48. The number of rotatable bonds is 1. The topological polar surface area (TPSA) is 128 Å². The molecule has 2 aliphatic heterocycles. The Hall–Kier alpha value is -2.75. The first-order chi connectivity index (χ1) is 12.5. The lowest BCUT2D eigenvalue weighted by molar-refractivity contribution is -0.128. The molecule has 3 rings (SSSR count). The van der Waals surface area contributed by atoms with Gasteiger partial charge in [-0.2, -0.15) is 10.00 Å². The molecule has 0 aliphatic carbocycles. The second-order valence-electron chi connectivity index (χ2n) is 7.94. The third kappa shape index (κ3) is 3.57. The van der Waals surface area contributed by atoms with Crippen molar-refractivity contribution < 1.29 is 23.9 Å². The molecule has 2 aliphatic rings. The average molecular weight is 377 g/mol. The van der Waals surface area contributed by atoms with Crippen molar-refractivity contribution in [3.63, 3.8) is 0 Å². The maximum atomic E-state index is 13.0. The molecule has 1 unspecified atom stereocenters. The van der Waals surface area contributed by atoms with E-state index in [1.54, 1.807) is 32.5 Å². The van der Waals surface area contributed by atoms with E-state index in [0.717, 1.165) is 0 Å². The number of fused-ring (bicyclic) bond motifs is 3. The smallest absolute Gasteiger partial charge is 0.424 e. The van der Waals surface area contributed by atoms with Crippen molar-refractivity contribution in [2.75, 3.05) is 13.6 Å². The highest BCUT2D eigenvalue weighted by Gasteiger charge is 2.43. The number of carbonyl (C=O) groups excluding carboxylic acids is 4. The van der Waals surface area contributed by atoms with Crippen LogP contribution in [-0.2, 0) is 33.8 Å². The fourth-order valence-corrected chi connectivity index (χ4v) is 3.32. The minimum atomic E-state index is -1.000. The molecule has 0 bridgehead atoms. The summed E-state index contributed by atoms with van der Waals surface area (Å²) < 4.78 is 6.74. The molecule has 10 heteroatoms. The normalized spacial score (nSPS) is 20.7. The zero-order chi connectivity index (χ0) is 20.1. The Morgan fingerprint density at radius 1 is 1.22 bits per heavy atom. The molecule has 146 valence electrons. The highest BCUT2D eigenvalue weighted by molar-refractivity contribution is 6.18. The van der Waals surface area contributed by atoms with Crippen LogP contribution >= 0.6 is 0 Å². The van der Waals surface area contributed by atoms with Crippen LogP contribution in [0.4, 0.5) is 4.79 Å². The van der Waals surface area contributed by atoms with Crippen molar-refractivity contribution >= 4 is 23.8 Å². The molecule has 0 spiro atoms. The summed E-state index contributed by atoms with van der Waals surface area (Å²) in [6.07, 6.45) is -1.19. The van der Waals surface area contributed by atoms with E-state index >= 15 is 0 Å². The number of hydrogen-bond donors (Lipinski definition) is 1. The predicted molar refractivity (Wildman–Crippen MR) is 92.4 cm³/mol. The van der Waals surface area contributed by atoms with Crippen LogP contribution in [0.2, 0.25) is 0 Å². The van der Waals surface area contributed by atoms with E-state index in [1.807, 2.05) is 4.90 Å². The van der Waals surface area contributed by atoms with Gasteiger partial charge in [0.2, 0.25) is 11.8 Å². The Labute approximate surface area is 156 Å². The molecule has 1 aromatic rings. The van der Waals surface area contributed by atoms with Crippen LogP contribution in [0.3, 0.4) is 0 Å². The summed E-state index contributed by atoms with van der Waals surface area (Å²) in [7, 11) is 1.80. The summed E-state index contributed by atoms with van der Waals surface area (Å²) in [5.74, 6) is -2.36. The molecule has 0 fully saturated rings. The zero-order valence-corrected chi connectivity index (χ0v) is 15.8. The Kier molecular flexibility index (Phi) is 4.54. The van der Waals surface area contributed by atoms with E-state index in [2.05, 4.69) is 5.10 Å². The van der Waals surface area contributed by atoms with Gasteiger partial charge in [0.25, 0.3) is 5.91 Å². The van der Waals surface area contributed by atoms with Crippen LogP contribution in [0, 0.1) is 5.92 Å². The third-order valence-electron chi connectivity index (χ3n) is 4.44. The van der Waals surface area contributed by atoms with Crippen LogP contribution in [0.15, 0.2) is 0 Å². The molecule has 4 amide bonds. The summed E-state index contributed by atoms with van der Waals surface area (Å²) >= 11 is 0. The van der Waals surface area contributed by atoms with E-state index in [9.17, 15) is 19.2 Å². The van der Waals surface area contributed by atoms with Crippen LogP contribution in [0.5, 0.6) is 0 Å². The van der Waals surface area contributed by atoms with Gasteiger partial charge in [0.1, 0.15) is 5.60 Å². The number of carbonyl (C=O) groups is 4. The quantitative estimate of drug-likeness (QED) is 0.676. The second-order valence-corrected chi connectivity index (χ2v) is 7.94. The molecule has 3 heterocycles. The Balaban J connectivity index is 1.99. The lowest BCUT2D eigenvalue weighted by atomic mass is 10.0. The van der Waals surface area contributed by atoms with Crippen molar-refractivity contribution in [1.82, 2.24) is 19.6 Å². The Morgan fingerprint density at radius 3 is 2.48 bits per heavy atom. The number of primary amides is 1. The Bertz CT molecular complexity index is 838. The van der Waals surface area contributed by atoms with Crippen molar-refractivity contribution in [1.29, 1.82) is 0 Å². The largest absolute Gasteiger partial charge is 0.443 e. The van der Waals surface area contributed by atoms with Crippen molar-refractivity contribution in [2.45, 2.75) is 45.9 Å². The highest BCUT2D eigenvalue weighted by atomic mass is 16.6. The van der Waals surface area contributed by atoms with E-state index < -0.39 is 35.3 Å². The predicted octanol–water partition coefficient (Wildman–Crippen LogP) is -0.110. The zero-order valence-electron chi connectivity index (χ0n) is 15.8. The van der Waals surface area contributed by atoms with Crippen molar-refractivity contribution in [2.24, 2.45) is 11.7 Å². The first-order valence-electron chi connectivity index (χ1n) is 8.64. The minimum Gasteiger partial charge on any atom is -0.443 e. The Morgan fingerprint density at radius 2 is 1.89 bits per heavy atom. The van der Waals surface area contributed by atoms with Gasteiger partial charge in [0.15, 0.2) is 0 Å². The molecule has 10 nitrogen and oxygen atoms in total. The highest BCUT2D eigenvalue weighted by Crippen LogP contribution is 2.28. The monoisotopic (exact) mass is 377 g/mol. The van der Waals surface area contributed by atoms with Gasteiger partial charge in [-0.25, -0.2) is 4.79 Å². The van der Waals surface area contributed by atoms with Crippen LogP contribution < -0.4 is 5.73 Å². The molecule has 0 saturated heterocycles. The van der Waals surface area contributed by atoms with Gasteiger partial charge in [-0.15, -0.1) is 0 Å². The number of nitrogens with two attached hydrogens (primary N) is 1. The summed E-state index contributed by atoms with van der Waals surface area (Å²) in [4.78, 5) is 51.8. The molecule has 2 N–H and O–H groups in total. The number of amides is 4. The standard InChI is InChI=1S/C17H23N5O5/c1-17(2,3)27-16(26)22-12(23)5-10-13(15(22)25)11-8-20(4)6-9(14(18)24)7-21(11)19-10/h9H,5-8H2,1-4H3,(H2,18,24). The third-order valence-corrected chi connectivity index (χ3v) is 4.44. The van der Waals surface area contributed by atoms with E-state index in [1.165, 1.54) is 0 Å². The number of aromatic nitrogens is 2. The SMILES string of the molecule is CN1Cc2c3c(nn2CC(C(N)=O)C1)CC(=O)N(C(=O)OC(C)(C)C)C3=O. The van der Waals surface area contributed by atoms with Crippen molar-refractivity contribution in [3.05, 3.63) is 17.0 Å². The molecular formula is C17H23N5O5. The molecule has 1 atom stereocenters. The molecule has 0 saturated carbocycles. The van der Waals surface area contributed by atoms with E-state index in [-0.39, 0.29) is 18.5 Å². The van der Waals surface area contributed by atoms with Gasteiger partial charge in [-0.1, -0.05) is 0 Å². The van der Waals surface area contributed by atoms with Gasteiger partial charge in [0.05, 0.1) is 35.8 Å². The summed E-state index contributed by atoms with van der Waals surface area (Å²) in [6, 6.07) is 0. The maximum absolute atomic E-state index is 13.0. The molecule has 0 aromatic carbocycles. The fourth-order valence-electron chi connectivity index (χ4n) is 3.32. The first-order valence-corrected chi connectivity index (χ1v) is 8.64. The van der Waals surface area contributed by atoms with Gasteiger partial charge in [-0.05, 0) is 27.8 Å². The molecule has 27 heavy (non-hydrogen) atoms. The second kappa shape index (κ2) is 6.45. The van der Waals surface area contributed by atoms with Gasteiger partial charge >= 0.3 is 6.09 Å². The lowest BCUT2D eigenvalue weighted by Gasteiger charge is -2.27. The van der Waals surface area contributed by atoms with Gasteiger partial charge < -0.3 is 10.5 Å². The first kappa shape index (κ1) is 19.0. The van der Waals surface area contributed by atoms with Crippen LogP contribution in [-0.4, -0.2) is 62.6 Å². The summed E-state index contributed by atoms with van der Waals surface area (Å²) in [5.41, 5.74) is 5.69. The van der Waals surface area contributed by atoms with Gasteiger partial charge in [-0.3, -0.25) is 24.0 Å². The number of hydrogen-bond acceptors (Lipinski definition) is 7. The fraction of sp³-hybridized carbons (Fsp3) is 0.588.